The maximum Gasteiger partial charge on any atom is 0.258 e. The van der Waals surface area contributed by atoms with E-state index < -0.39 is 0 Å². The number of hydrogen-bond donors (Lipinski definition) is 0. The van der Waals surface area contributed by atoms with E-state index in [9.17, 15) is 4.79 Å². The van der Waals surface area contributed by atoms with Crippen LogP contribution in [0, 0.1) is 6.92 Å². The van der Waals surface area contributed by atoms with Gasteiger partial charge in [-0.1, -0.05) is 11.8 Å². The van der Waals surface area contributed by atoms with Gasteiger partial charge in [0.15, 0.2) is 10.1 Å². The molecule has 1 aliphatic heterocycles. The van der Waals surface area contributed by atoms with Crippen molar-refractivity contribution in [3.05, 3.63) is 33.2 Å². The predicted molar refractivity (Wildman–Crippen MR) is 103 cm³/mol. The average Bonchev–Trinajstić information content (AvgIpc) is 3.03. The molecule has 0 N–H and O–H groups in total. The third kappa shape index (κ3) is 2.83. The van der Waals surface area contributed by atoms with Crippen LogP contribution in [0.25, 0.3) is 4.96 Å². The molecule has 1 saturated carbocycles. The van der Waals surface area contributed by atoms with Gasteiger partial charge in [0.1, 0.15) is 0 Å². The average molecular weight is 389 g/mol. The van der Waals surface area contributed by atoms with Crippen molar-refractivity contribution in [2.45, 2.75) is 49.6 Å². The monoisotopic (exact) mass is 388 g/mol. The van der Waals surface area contributed by atoms with Crippen molar-refractivity contribution in [3.8, 4) is 0 Å². The zero-order valence-electron chi connectivity index (χ0n) is 14.6. The quantitative estimate of drug-likeness (QED) is 0.626. The topological polar surface area (TPSA) is 68.3 Å². The number of thiazole rings is 1. The van der Waals surface area contributed by atoms with Crippen molar-refractivity contribution in [2.75, 3.05) is 18.0 Å². The molecule has 2 fully saturated rings. The number of nitrogens with zero attached hydrogens (tertiary/aromatic N) is 6. The first kappa shape index (κ1) is 16.3. The van der Waals surface area contributed by atoms with Crippen molar-refractivity contribution in [2.24, 2.45) is 0 Å². The zero-order valence-corrected chi connectivity index (χ0v) is 16.2. The van der Waals surface area contributed by atoms with Crippen LogP contribution < -0.4 is 10.5 Å². The number of rotatable bonds is 5. The van der Waals surface area contributed by atoms with Gasteiger partial charge in [0, 0.05) is 42.0 Å². The fourth-order valence-electron chi connectivity index (χ4n) is 3.47. The van der Waals surface area contributed by atoms with Crippen LogP contribution in [0.1, 0.15) is 43.1 Å². The Hall–Kier alpha value is -1.87. The van der Waals surface area contributed by atoms with Crippen molar-refractivity contribution in [3.63, 3.8) is 0 Å². The van der Waals surface area contributed by atoms with Crippen molar-refractivity contribution >= 4 is 34.0 Å². The van der Waals surface area contributed by atoms with Crippen LogP contribution >= 0.6 is 23.1 Å². The summed E-state index contributed by atoms with van der Waals surface area (Å²) in [6.45, 7) is 4.07. The first-order valence-corrected chi connectivity index (χ1v) is 10.9. The highest BCUT2D eigenvalue weighted by atomic mass is 32.2. The second-order valence-corrected chi connectivity index (χ2v) is 8.73. The molecule has 0 bridgehead atoms. The predicted octanol–water partition coefficient (Wildman–Crippen LogP) is 2.88. The highest BCUT2D eigenvalue weighted by Crippen LogP contribution is 2.41. The SMILES string of the molecule is Cc1csc2nc(CSc3nnc(N4CCCC4)n3C3CC3)cc(=O)n12. The molecule has 0 amide bonds. The normalized spacial score (nSPS) is 17.5. The number of anilines is 1. The smallest absolute Gasteiger partial charge is 0.258 e. The van der Waals surface area contributed by atoms with Crippen molar-refractivity contribution in [1.29, 1.82) is 0 Å². The van der Waals surface area contributed by atoms with E-state index >= 15 is 0 Å². The highest BCUT2D eigenvalue weighted by molar-refractivity contribution is 7.98. The molecule has 5 rings (SSSR count). The summed E-state index contributed by atoms with van der Waals surface area (Å²) in [5.74, 6) is 1.65. The summed E-state index contributed by atoms with van der Waals surface area (Å²) in [6, 6.07) is 2.17. The summed E-state index contributed by atoms with van der Waals surface area (Å²) in [6.07, 6.45) is 4.86. The Morgan fingerprint density at radius 1 is 1.27 bits per heavy atom. The van der Waals surface area contributed by atoms with Gasteiger partial charge in [-0.2, -0.15) is 0 Å². The standard InChI is InChI=1S/C17H20N6OS2/c1-11-9-25-16-18-12(8-14(24)22(11)16)10-26-17-20-19-15(21-6-2-3-7-21)23(17)13-4-5-13/h8-9,13H,2-7,10H2,1H3. The Morgan fingerprint density at radius 2 is 2.08 bits per heavy atom. The van der Waals surface area contributed by atoms with Crippen molar-refractivity contribution in [1.82, 2.24) is 24.1 Å². The third-order valence-electron chi connectivity index (χ3n) is 4.93. The molecule has 0 spiro atoms. The second-order valence-electron chi connectivity index (χ2n) is 6.95. The summed E-state index contributed by atoms with van der Waals surface area (Å²) in [5.41, 5.74) is 1.73. The van der Waals surface area contributed by atoms with Crippen LogP contribution in [0.5, 0.6) is 0 Å². The van der Waals surface area contributed by atoms with Gasteiger partial charge >= 0.3 is 0 Å². The van der Waals surface area contributed by atoms with Crippen LogP contribution in [0.15, 0.2) is 21.4 Å². The lowest BCUT2D eigenvalue weighted by molar-refractivity contribution is 0.651. The molecule has 2 aliphatic rings. The minimum Gasteiger partial charge on any atom is -0.341 e. The number of hydrogen-bond acceptors (Lipinski definition) is 7. The molecular formula is C17H20N6OS2. The first-order chi connectivity index (χ1) is 12.7. The summed E-state index contributed by atoms with van der Waals surface area (Å²) < 4.78 is 3.97. The second kappa shape index (κ2) is 6.38. The van der Waals surface area contributed by atoms with Crippen LogP contribution in [-0.2, 0) is 5.75 Å². The molecule has 3 aromatic heterocycles. The van der Waals surface area contributed by atoms with Gasteiger partial charge in [0.2, 0.25) is 5.95 Å². The summed E-state index contributed by atoms with van der Waals surface area (Å²) in [5, 5.41) is 11.8. The first-order valence-electron chi connectivity index (χ1n) is 9.00. The molecular weight excluding hydrogens is 368 g/mol. The molecule has 0 radical (unpaired) electrons. The molecule has 26 heavy (non-hydrogen) atoms. The Bertz CT molecular complexity index is 1010. The Balaban J connectivity index is 1.41. The van der Waals surface area contributed by atoms with Gasteiger partial charge in [-0.3, -0.25) is 13.8 Å². The minimum absolute atomic E-state index is 0.00855. The Labute approximate surface area is 159 Å². The maximum atomic E-state index is 12.3. The van der Waals surface area contributed by atoms with E-state index in [4.69, 9.17) is 0 Å². The van der Waals surface area contributed by atoms with Crippen LogP contribution in [0.3, 0.4) is 0 Å². The molecule has 1 saturated heterocycles. The number of aryl methyl sites for hydroxylation is 1. The molecule has 9 heteroatoms. The Morgan fingerprint density at radius 3 is 2.85 bits per heavy atom. The lowest BCUT2D eigenvalue weighted by Crippen LogP contribution is -2.22. The van der Waals surface area contributed by atoms with Crippen LogP contribution in [-0.4, -0.2) is 37.2 Å². The van der Waals surface area contributed by atoms with Crippen molar-refractivity contribution < 1.29 is 0 Å². The highest BCUT2D eigenvalue weighted by Gasteiger charge is 2.32. The van der Waals surface area contributed by atoms with Gasteiger partial charge in [-0.05, 0) is 32.6 Å². The van der Waals surface area contributed by atoms with Crippen LogP contribution in [0.4, 0.5) is 5.95 Å². The van der Waals surface area contributed by atoms with E-state index in [-0.39, 0.29) is 5.56 Å². The molecule has 0 unspecified atom stereocenters. The number of aromatic nitrogens is 5. The molecule has 7 nitrogen and oxygen atoms in total. The zero-order chi connectivity index (χ0) is 17.7. The largest absolute Gasteiger partial charge is 0.341 e. The molecule has 4 heterocycles. The molecule has 3 aromatic rings. The fraction of sp³-hybridized carbons (Fsp3) is 0.529. The lowest BCUT2D eigenvalue weighted by Gasteiger charge is -2.17. The van der Waals surface area contributed by atoms with E-state index in [1.807, 2.05) is 12.3 Å². The van der Waals surface area contributed by atoms with Gasteiger partial charge in [-0.15, -0.1) is 21.5 Å². The van der Waals surface area contributed by atoms with Gasteiger partial charge in [0.25, 0.3) is 5.56 Å². The number of fused-ring (bicyclic) bond motifs is 1. The van der Waals surface area contributed by atoms with E-state index in [1.54, 1.807) is 22.2 Å². The Kier molecular flexibility index (Phi) is 4.00. The van der Waals surface area contributed by atoms with Gasteiger partial charge < -0.3 is 4.90 Å². The molecule has 0 aromatic carbocycles. The fourth-order valence-corrected chi connectivity index (χ4v) is 5.25. The van der Waals surface area contributed by atoms with Gasteiger partial charge in [-0.25, -0.2) is 4.98 Å². The number of thioether (sulfide) groups is 1. The molecule has 1 aliphatic carbocycles. The van der Waals surface area contributed by atoms with E-state index in [2.05, 4.69) is 24.6 Å². The van der Waals surface area contributed by atoms with Crippen LogP contribution in [0.2, 0.25) is 0 Å². The van der Waals surface area contributed by atoms with E-state index in [1.165, 1.54) is 37.0 Å². The summed E-state index contributed by atoms with van der Waals surface area (Å²) >= 11 is 3.13. The maximum absolute atomic E-state index is 12.3. The summed E-state index contributed by atoms with van der Waals surface area (Å²) in [4.78, 5) is 20.1. The summed E-state index contributed by atoms with van der Waals surface area (Å²) in [7, 11) is 0. The minimum atomic E-state index is -0.00855. The molecule has 136 valence electrons. The van der Waals surface area contributed by atoms with E-state index in [0.717, 1.165) is 40.5 Å². The third-order valence-corrected chi connectivity index (χ3v) is 6.85. The van der Waals surface area contributed by atoms with E-state index in [0.29, 0.717) is 11.8 Å². The van der Waals surface area contributed by atoms with Gasteiger partial charge in [0.05, 0.1) is 5.69 Å². The molecule has 0 atom stereocenters. The lowest BCUT2D eigenvalue weighted by atomic mass is 10.4.